The zero-order valence-electron chi connectivity index (χ0n) is 13.8. The second-order valence-electron chi connectivity index (χ2n) is 5.98. The van der Waals surface area contributed by atoms with Gasteiger partial charge in [0.15, 0.2) is 5.82 Å². The Morgan fingerprint density at radius 2 is 1.96 bits per heavy atom. The van der Waals surface area contributed by atoms with Crippen molar-refractivity contribution in [3.63, 3.8) is 0 Å². The van der Waals surface area contributed by atoms with Crippen molar-refractivity contribution in [3.8, 4) is 0 Å². The fourth-order valence-electron chi connectivity index (χ4n) is 2.76. The van der Waals surface area contributed by atoms with E-state index in [9.17, 15) is 14.0 Å². The molecular weight excluding hydrogens is 327 g/mol. The second kappa shape index (κ2) is 7.33. The van der Waals surface area contributed by atoms with E-state index in [1.165, 1.54) is 12.1 Å². The number of likely N-dealkylation sites (tertiary alicyclic amines) is 1. The van der Waals surface area contributed by atoms with E-state index in [4.69, 9.17) is 4.52 Å². The van der Waals surface area contributed by atoms with Gasteiger partial charge < -0.3 is 20.1 Å². The van der Waals surface area contributed by atoms with Crippen molar-refractivity contribution in [1.82, 2.24) is 10.1 Å². The molecule has 1 aliphatic heterocycles. The highest BCUT2D eigenvalue weighted by atomic mass is 19.1. The van der Waals surface area contributed by atoms with Crippen LogP contribution in [0.5, 0.6) is 0 Å². The fraction of sp³-hybridized carbons (Fsp3) is 0.353. The molecular formula is C17H19FN4O3. The van der Waals surface area contributed by atoms with Gasteiger partial charge in [0.05, 0.1) is 5.69 Å². The van der Waals surface area contributed by atoms with E-state index >= 15 is 0 Å². The van der Waals surface area contributed by atoms with Gasteiger partial charge >= 0.3 is 6.03 Å². The Hall–Kier alpha value is -2.90. The number of hydrogen-bond donors (Lipinski definition) is 2. The number of aryl methyl sites for hydroxylation is 1. The Balaban J connectivity index is 1.50. The van der Waals surface area contributed by atoms with Gasteiger partial charge in [0.1, 0.15) is 11.6 Å². The minimum atomic E-state index is -0.479. The lowest BCUT2D eigenvalue weighted by atomic mass is 9.96. The smallest absolute Gasteiger partial charge is 0.321 e. The lowest BCUT2D eigenvalue weighted by Crippen LogP contribution is -2.43. The van der Waals surface area contributed by atoms with Gasteiger partial charge in [-0.05, 0) is 31.9 Å². The van der Waals surface area contributed by atoms with Gasteiger partial charge in [0, 0.05) is 25.1 Å². The third kappa shape index (κ3) is 4.14. The maximum atomic E-state index is 13.6. The average molecular weight is 346 g/mol. The predicted molar refractivity (Wildman–Crippen MR) is 89.6 cm³/mol. The van der Waals surface area contributed by atoms with Gasteiger partial charge in [-0.1, -0.05) is 17.3 Å². The molecule has 1 aliphatic rings. The van der Waals surface area contributed by atoms with Crippen LogP contribution in [0, 0.1) is 18.7 Å². The highest BCUT2D eigenvalue weighted by Crippen LogP contribution is 2.21. The maximum Gasteiger partial charge on any atom is 0.321 e. The van der Waals surface area contributed by atoms with Crippen LogP contribution in [0.1, 0.15) is 18.6 Å². The van der Waals surface area contributed by atoms with Gasteiger partial charge in [-0.15, -0.1) is 0 Å². The standard InChI is InChI=1S/C17H19FN4O3/c1-11-10-15(21-25-11)20-16(23)12-6-8-22(9-7-12)17(24)19-14-5-3-2-4-13(14)18/h2-5,10,12H,6-9H2,1H3,(H,19,24)(H,20,21,23). The summed E-state index contributed by atoms with van der Waals surface area (Å²) in [7, 11) is 0. The number of benzene rings is 1. The number of amides is 3. The molecule has 2 aromatic rings. The summed E-state index contributed by atoms with van der Waals surface area (Å²) in [5, 5.41) is 9.00. The molecule has 2 N–H and O–H groups in total. The summed E-state index contributed by atoms with van der Waals surface area (Å²) in [6, 6.07) is 7.29. The zero-order chi connectivity index (χ0) is 17.8. The van der Waals surface area contributed by atoms with Crippen LogP contribution in [-0.2, 0) is 4.79 Å². The molecule has 0 atom stereocenters. The van der Waals surface area contributed by atoms with Crippen LogP contribution in [0.4, 0.5) is 20.7 Å². The number of carbonyl (C=O) groups excluding carboxylic acids is 2. The fourth-order valence-corrected chi connectivity index (χ4v) is 2.76. The number of urea groups is 1. The maximum absolute atomic E-state index is 13.6. The highest BCUT2D eigenvalue weighted by Gasteiger charge is 2.28. The molecule has 7 nitrogen and oxygen atoms in total. The van der Waals surface area contributed by atoms with E-state index in [2.05, 4.69) is 15.8 Å². The molecule has 3 amide bonds. The minimum Gasteiger partial charge on any atom is -0.360 e. The van der Waals surface area contributed by atoms with Crippen LogP contribution in [0.15, 0.2) is 34.9 Å². The average Bonchev–Trinajstić information content (AvgIpc) is 3.02. The zero-order valence-corrected chi connectivity index (χ0v) is 13.8. The van der Waals surface area contributed by atoms with Crippen LogP contribution < -0.4 is 10.6 Å². The Bertz CT molecular complexity index is 769. The number of anilines is 2. The van der Waals surface area contributed by atoms with E-state index in [0.717, 1.165) is 0 Å². The number of para-hydroxylation sites is 1. The van der Waals surface area contributed by atoms with Crippen LogP contribution in [0.25, 0.3) is 0 Å². The van der Waals surface area contributed by atoms with Gasteiger partial charge in [0.2, 0.25) is 5.91 Å². The number of aromatic nitrogens is 1. The summed E-state index contributed by atoms with van der Waals surface area (Å²) >= 11 is 0. The Morgan fingerprint density at radius 3 is 2.60 bits per heavy atom. The van der Waals surface area contributed by atoms with Crippen molar-refractivity contribution in [2.45, 2.75) is 19.8 Å². The molecule has 2 heterocycles. The molecule has 132 valence electrons. The van der Waals surface area contributed by atoms with Crippen molar-refractivity contribution in [2.24, 2.45) is 5.92 Å². The number of piperidine rings is 1. The number of nitrogens with one attached hydrogen (secondary N) is 2. The number of hydrogen-bond acceptors (Lipinski definition) is 4. The molecule has 1 fully saturated rings. The SMILES string of the molecule is Cc1cc(NC(=O)C2CCN(C(=O)Nc3ccccc3F)CC2)no1. The highest BCUT2D eigenvalue weighted by molar-refractivity contribution is 5.92. The lowest BCUT2D eigenvalue weighted by Gasteiger charge is -2.31. The monoisotopic (exact) mass is 346 g/mol. The first-order valence-electron chi connectivity index (χ1n) is 8.07. The van der Waals surface area contributed by atoms with Crippen LogP contribution in [-0.4, -0.2) is 35.1 Å². The first-order chi connectivity index (χ1) is 12.0. The first kappa shape index (κ1) is 16.9. The van der Waals surface area contributed by atoms with E-state index in [-0.39, 0.29) is 23.5 Å². The summed E-state index contributed by atoms with van der Waals surface area (Å²) in [5.41, 5.74) is 0.147. The van der Waals surface area contributed by atoms with Gasteiger partial charge in [-0.3, -0.25) is 4.79 Å². The molecule has 1 aromatic heterocycles. The number of halogens is 1. The van der Waals surface area contributed by atoms with Crippen LogP contribution in [0.3, 0.4) is 0 Å². The molecule has 8 heteroatoms. The number of nitrogens with zero attached hydrogens (tertiary/aromatic N) is 2. The van der Waals surface area contributed by atoms with Crippen molar-refractivity contribution in [2.75, 3.05) is 23.7 Å². The van der Waals surface area contributed by atoms with Crippen molar-refractivity contribution in [3.05, 3.63) is 41.9 Å². The molecule has 0 spiro atoms. The largest absolute Gasteiger partial charge is 0.360 e. The van der Waals surface area contributed by atoms with E-state index < -0.39 is 5.82 Å². The summed E-state index contributed by atoms with van der Waals surface area (Å²) < 4.78 is 18.5. The summed E-state index contributed by atoms with van der Waals surface area (Å²) in [5.74, 6) is 0.196. The molecule has 0 radical (unpaired) electrons. The van der Waals surface area contributed by atoms with Crippen LogP contribution in [0.2, 0.25) is 0 Å². The van der Waals surface area contributed by atoms with Gasteiger partial charge in [-0.25, -0.2) is 9.18 Å². The summed E-state index contributed by atoms with van der Waals surface area (Å²) in [4.78, 5) is 26.0. The topological polar surface area (TPSA) is 87.5 Å². The van der Waals surface area contributed by atoms with Crippen LogP contribution >= 0.6 is 0 Å². The van der Waals surface area contributed by atoms with Crippen molar-refractivity contribution < 1.29 is 18.5 Å². The molecule has 3 rings (SSSR count). The molecule has 25 heavy (non-hydrogen) atoms. The Labute approximate surface area is 144 Å². The summed E-state index contributed by atoms with van der Waals surface area (Å²) in [6.07, 6.45) is 1.07. The predicted octanol–water partition coefficient (Wildman–Crippen LogP) is 3.00. The molecule has 0 saturated carbocycles. The Kier molecular flexibility index (Phi) is 4.97. The minimum absolute atomic E-state index is 0.137. The molecule has 1 aromatic carbocycles. The van der Waals surface area contributed by atoms with E-state index in [1.807, 2.05) is 0 Å². The lowest BCUT2D eigenvalue weighted by molar-refractivity contribution is -0.121. The molecule has 0 bridgehead atoms. The molecule has 0 aliphatic carbocycles. The number of rotatable bonds is 3. The van der Waals surface area contributed by atoms with Gasteiger partial charge in [-0.2, -0.15) is 0 Å². The molecule has 0 unspecified atom stereocenters. The van der Waals surface area contributed by atoms with Crippen molar-refractivity contribution >= 4 is 23.4 Å². The number of carbonyl (C=O) groups is 2. The van der Waals surface area contributed by atoms with E-state index in [0.29, 0.717) is 37.5 Å². The third-order valence-corrected chi connectivity index (χ3v) is 4.15. The second-order valence-corrected chi connectivity index (χ2v) is 5.98. The Morgan fingerprint density at radius 1 is 1.24 bits per heavy atom. The van der Waals surface area contributed by atoms with Crippen molar-refractivity contribution in [1.29, 1.82) is 0 Å². The first-order valence-corrected chi connectivity index (χ1v) is 8.07. The van der Waals surface area contributed by atoms with E-state index in [1.54, 1.807) is 30.0 Å². The quantitative estimate of drug-likeness (QED) is 0.894. The van der Waals surface area contributed by atoms with Gasteiger partial charge in [0.25, 0.3) is 0 Å². The molecule has 1 saturated heterocycles. The summed E-state index contributed by atoms with van der Waals surface area (Å²) in [6.45, 7) is 2.60. The third-order valence-electron chi connectivity index (χ3n) is 4.15. The normalized spacial score (nSPS) is 15.0.